The fourth-order valence-corrected chi connectivity index (χ4v) is 2.51. The number of aryl methyl sites for hydroxylation is 1. The minimum Gasteiger partial charge on any atom is -0.273 e. The average molecular weight is 253 g/mol. The van der Waals surface area contributed by atoms with Crippen molar-refractivity contribution in [3.63, 3.8) is 0 Å². The normalized spacial score (nSPS) is 17.5. The third-order valence-electron chi connectivity index (χ3n) is 3.03. The van der Waals surface area contributed by atoms with Gasteiger partial charge in [0.15, 0.2) is 0 Å². The SMILES string of the molecule is Cc1cccc(C2(C(=O)NS(C)(=O)=O)CC2)c1. The Morgan fingerprint density at radius 3 is 2.47 bits per heavy atom. The van der Waals surface area contributed by atoms with Crippen molar-refractivity contribution in [2.75, 3.05) is 6.26 Å². The van der Waals surface area contributed by atoms with Crippen molar-refractivity contribution in [2.24, 2.45) is 0 Å². The predicted molar refractivity (Wildman–Crippen MR) is 65.1 cm³/mol. The molecule has 1 aliphatic rings. The largest absolute Gasteiger partial charge is 0.273 e. The number of hydrogen-bond donors (Lipinski definition) is 1. The Labute approximate surface area is 101 Å². The van der Waals surface area contributed by atoms with Crippen LogP contribution in [0.1, 0.15) is 24.0 Å². The molecule has 0 radical (unpaired) electrons. The number of nitrogens with one attached hydrogen (secondary N) is 1. The first kappa shape index (κ1) is 12.1. The molecule has 1 amide bonds. The first-order chi connectivity index (χ1) is 7.83. The highest BCUT2D eigenvalue weighted by Gasteiger charge is 2.51. The molecule has 92 valence electrons. The van der Waals surface area contributed by atoms with Crippen LogP contribution in [0.15, 0.2) is 24.3 Å². The maximum Gasteiger partial charge on any atom is 0.244 e. The highest BCUT2D eigenvalue weighted by molar-refractivity contribution is 7.89. The molecule has 5 heteroatoms. The number of carbonyl (C=O) groups excluding carboxylic acids is 1. The Balaban J connectivity index is 2.29. The van der Waals surface area contributed by atoms with Crippen LogP contribution in [-0.2, 0) is 20.2 Å². The Bertz CT molecular complexity index is 559. The minimum atomic E-state index is -3.48. The summed E-state index contributed by atoms with van der Waals surface area (Å²) >= 11 is 0. The number of rotatable bonds is 3. The molecule has 4 nitrogen and oxygen atoms in total. The number of sulfonamides is 1. The molecule has 0 atom stereocenters. The van der Waals surface area contributed by atoms with Crippen LogP contribution in [-0.4, -0.2) is 20.6 Å². The van der Waals surface area contributed by atoms with Gasteiger partial charge in [-0.15, -0.1) is 0 Å². The minimum absolute atomic E-state index is 0.411. The van der Waals surface area contributed by atoms with E-state index in [0.29, 0.717) is 12.8 Å². The van der Waals surface area contributed by atoms with Gasteiger partial charge in [0.2, 0.25) is 15.9 Å². The molecule has 1 saturated carbocycles. The predicted octanol–water partition coefficient (Wildman–Crippen LogP) is 1.10. The third-order valence-corrected chi connectivity index (χ3v) is 3.59. The van der Waals surface area contributed by atoms with Gasteiger partial charge in [-0.2, -0.15) is 0 Å². The lowest BCUT2D eigenvalue weighted by molar-refractivity contribution is -0.121. The van der Waals surface area contributed by atoms with Gasteiger partial charge in [0.05, 0.1) is 11.7 Å². The van der Waals surface area contributed by atoms with Crippen molar-refractivity contribution in [1.29, 1.82) is 0 Å². The highest BCUT2D eigenvalue weighted by atomic mass is 32.2. The van der Waals surface area contributed by atoms with Gasteiger partial charge >= 0.3 is 0 Å². The Hall–Kier alpha value is -1.36. The van der Waals surface area contributed by atoms with Gasteiger partial charge in [-0.3, -0.25) is 9.52 Å². The monoisotopic (exact) mass is 253 g/mol. The lowest BCUT2D eigenvalue weighted by atomic mass is 9.94. The second-order valence-corrected chi connectivity index (χ2v) is 6.40. The third kappa shape index (κ3) is 2.49. The molecule has 1 N–H and O–H groups in total. The molecule has 0 bridgehead atoms. The van der Waals surface area contributed by atoms with Gasteiger partial charge in [-0.05, 0) is 25.3 Å². The van der Waals surface area contributed by atoms with E-state index < -0.39 is 21.3 Å². The molecule has 0 heterocycles. The van der Waals surface area contributed by atoms with Crippen LogP contribution in [0, 0.1) is 6.92 Å². The highest BCUT2D eigenvalue weighted by Crippen LogP contribution is 2.48. The van der Waals surface area contributed by atoms with Crippen molar-refractivity contribution in [2.45, 2.75) is 25.2 Å². The summed E-state index contributed by atoms with van der Waals surface area (Å²) in [5.74, 6) is -0.411. The number of amides is 1. The van der Waals surface area contributed by atoms with Gasteiger partial charge < -0.3 is 0 Å². The second-order valence-electron chi connectivity index (χ2n) is 4.65. The molecular formula is C12H15NO3S. The molecule has 2 rings (SSSR count). The van der Waals surface area contributed by atoms with Gasteiger partial charge in [0.1, 0.15) is 0 Å². The molecule has 0 aliphatic heterocycles. The first-order valence-electron chi connectivity index (χ1n) is 5.43. The number of benzene rings is 1. The van der Waals surface area contributed by atoms with Crippen LogP contribution in [0.25, 0.3) is 0 Å². The van der Waals surface area contributed by atoms with Crippen molar-refractivity contribution in [1.82, 2.24) is 4.72 Å². The van der Waals surface area contributed by atoms with E-state index in [0.717, 1.165) is 17.4 Å². The topological polar surface area (TPSA) is 63.2 Å². The summed E-state index contributed by atoms with van der Waals surface area (Å²) in [6.07, 6.45) is 2.41. The maximum atomic E-state index is 12.0. The quantitative estimate of drug-likeness (QED) is 0.877. The summed E-state index contributed by atoms with van der Waals surface area (Å²) in [6, 6.07) is 7.66. The molecule has 1 fully saturated rings. The average Bonchev–Trinajstić information content (AvgIpc) is 2.95. The maximum absolute atomic E-state index is 12.0. The van der Waals surface area contributed by atoms with E-state index in [1.165, 1.54) is 0 Å². The summed E-state index contributed by atoms with van der Waals surface area (Å²) in [7, 11) is -3.48. The summed E-state index contributed by atoms with van der Waals surface area (Å²) in [4.78, 5) is 12.0. The van der Waals surface area contributed by atoms with Gasteiger partial charge in [0.25, 0.3) is 0 Å². The van der Waals surface area contributed by atoms with Crippen LogP contribution in [0.5, 0.6) is 0 Å². The van der Waals surface area contributed by atoms with Crippen molar-refractivity contribution >= 4 is 15.9 Å². The Kier molecular flexibility index (Phi) is 2.73. The molecule has 17 heavy (non-hydrogen) atoms. The fourth-order valence-electron chi connectivity index (χ4n) is 1.98. The van der Waals surface area contributed by atoms with Crippen LogP contribution in [0.2, 0.25) is 0 Å². The molecule has 1 aromatic rings. The molecule has 1 aromatic carbocycles. The van der Waals surface area contributed by atoms with E-state index in [2.05, 4.69) is 4.72 Å². The van der Waals surface area contributed by atoms with E-state index in [-0.39, 0.29) is 0 Å². The fraction of sp³-hybridized carbons (Fsp3) is 0.417. The Morgan fingerprint density at radius 2 is 2.00 bits per heavy atom. The zero-order valence-corrected chi connectivity index (χ0v) is 10.7. The van der Waals surface area contributed by atoms with Crippen LogP contribution in [0.3, 0.4) is 0 Å². The Morgan fingerprint density at radius 1 is 1.35 bits per heavy atom. The smallest absolute Gasteiger partial charge is 0.244 e. The molecule has 0 unspecified atom stereocenters. The molecule has 1 aliphatic carbocycles. The number of hydrogen-bond acceptors (Lipinski definition) is 3. The standard InChI is InChI=1S/C12H15NO3S/c1-9-4-3-5-10(8-9)12(6-7-12)11(14)13-17(2,15)16/h3-5,8H,6-7H2,1-2H3,(H,13,14). The van der Waals surface area contributed by atoms with Gasteiger partial charge in [-0.1, -0.05) is 29.8 Å². The lowest BCUT2D eigenvalue weighted by Gasteiger charge is -2.15. The number of carbonyl (C=O) groups is 1. The van der Waals surface area contributed by atoms with Crippen LogP contribution in [0.4, 0.5) is 0 Å². The molecule has 0 aromatic heterocycles. The van der Waals surface area contributed by atoms with E-state index in [1.807, 2.05) is 31.2 Å². The van der Waals surface area contributed by atoms with Crippen LogP contribution >= 0.6 is 0 Å². The zero-order valence-electron chi connectivity index (χ0n) is 9.86. The van der Waals surface area contributed by atoms with E-state index in [9.17, 15) is 13.2 Å². The van der Waals surface area contributed by atoms with Crippen molar-refractivity contribution < 1.29 is 13.2 Å². The second kappa shape index (κ2) is 3.84. The molecular weight excluding hydrogens is 238 g/mol. The van der Waals surface area contributed by atoms with Gasteiger partial charge in [-0.25, -0.2) is 8.42 Å². The van der Waals surface area contributed by atoms with E-state index >= 15 is 0 Å². The summed E-state index contributed by atoms with van der Waals surface area (Å²) in [5.41, 5.74) is 1.34. The molecule has 0 spiro atoms. The molecule has 0 saturated heterocycles. The van der Waals surface area contributed by atoms with Crippen LogP contribution < -0.4 is 4.72 Å². The summed E-state index contributed by atoms with van der Waals surface area (Å²) < 4.78 is 24.2. The zero-order chi connectivity index (χ0) is 12.7. The van der Waals surface area contributed by atoms with E-state index in [4.69, 9.17) is 0 Å². The van der Waals surface area contributed by atoms with Crippen molar-refractivity contribution in [3.05, 3.63) is 35.4 Å². The summed E-state index contributed by atoms with van der Waals surface area (Å²) in [6.45, 7) is 1.95. The first-order valence-corrected chi connectivity index (χ1v) is 7.32. The van der Waals surface area contributed by atoms with Crippen molar-refractivity contribution in [3.8, 4) is 0 Å². The van der Waals surface area contributed by atoms with E-state index in [1.54, 1.807) is 0 Å². The summed E-state index contributed by atoms with van der Waals surface area (Å²) in [5, 5.41) is 0. The van der Waals surface area contributed by atoms with Gasteiger partial charge in [0, 0.05) is 0 Å². The lowest BCUT2D eigenvalue weighted by Crippen LogP contribution is -2.38.